The lowest BCUT2D eigenvalue weighted by Crippen LogP contribution is -2.03. The average Bonchev–Trinajstić information content (AvgIpc) is 2.53. The van der Waals surface area contributed by atoms with Crippen LogP contribution in [0.15, 0.2) is 74.3 Å². The molecule has 0 bridgehead atoms. The van der Waals surface area contributed by atoms with E-state index in [4.69, 9.17) is 0 Å². The minimum Gasteiger partial charge on any atom is -0.219 e. The van der Waals surface area contributed by atoms with Crippen LogP contribution >= 0.6 is 27.7 Å². The number of hydrogen-bond acceptors (Lipinski definition) is 3. The first-order chi connectivity index (χ1) is 10.9. The molecule has 0 aliphatic carbocycles. The molecule has 0 saturated carbocycles. The van der Waals surface area contributed by atoms with Gasteiger partial charge in [0.05, 0.1) is 9.80 Å². The summed E-state index contributed by atoms with van der Waals surface area (Å²) in [7, 11) is -3.55. The predicted octanol–water partition coefficient (Wildman–Crippen LogP) is 5.45. The van der Waals surface area contributed by atoms with Crippen LogP contribution in [0.4, 0.5) is 0 Å². The van der Waals surface area contributed by atoms with E-state index in [0.717, 1.165) is 15.6 Å². The molecule has 23 heavy (non-hydrogen) atoms. The molecule has 120 valence electrons. The summed E-state index contributed by atoms with van der Waals surface area (Å²) in [5.74, 6) is 0. The average molecular weight is 409 g/mol. The van der Waals surface area contributed by atoms with Crippen molar-refractivity contribution >= 4 is 43.6 Å². The van der Waals surface area contributed by atoms with Gasteiger partial charge in [0, 0.05) is 4.47 Å². The van der Waals surface area contributed by atoms with E-state index in [2.05, 4.69) is 15.9 Å². The van der Waals surface area contributed by atoms with Gasteiger partial charge in [-0.15, -0.1) is 11.8 Å². The van der Waals surface area contributed by atoms with E-state index in [0.29, 0.717) is 4.90 Å². The van der Waals surface area contributed by atoms with Crippen LogP contribution in [-0.4, -0.2) is 14.7 Å². The molecule has 0 amide bonds. The Morgan fingerprint density at radius 1 is 1.04 bits per heavy atom. The normalized spacial score (nSPS) is 12.7. The Labute approximate surface area is 150 Å². The van der Waals surface area contributed by atoms with Crippen molar-refractivity contribution in [3.63, 3.8) is 0 Å². The van der Waals surface area contributed by atoms with Gasteiger partial charge in [-0.1, -0.05) is 45.8 Å². The van der Waals surface area contributed by atoms with E-state index >= 15 is 0 Å². The van der Waals surface area contributed by atoms with Crippen molar-refractivity contribution in [3.8, 4) is 0 Å². The zero-order valence-corrected chi connectivity index (χ0v) is 16.1. The van der Waals surface area contributed by atoms with Crippen molar-refractivity contribution in [2.75, 3.05) is 6.26 Å². The molecule has 0 fully saturated rings. The lowest BCUT2D eigenvalue weighted by atomic mass is 10.2. The third-order valence-electron chi connectivity index (χ3n) is 3.19. The first-order valence-electron chi connectivity index (χ1n) is 6.92. The number of hydrogen-bond donors (Lipinski definition) is 0. The van der Waals surface area contributed by atoms with E-state index in [-0.39, 0.29) is 4.91 Å². The van der Waals surface area contributed by atoms with Crippen molar-refractivity contribution in [1.82, 2.24) is 0 Å². The molecule has 2 rings (SSSR count). The highest BCUT2D eigenvalue weighted by Crippen LogP contribution is 2.24. The standard InChI is InChI=1S/C18H17BrO2S2/c1-14-3-9-17(10-4-14)23(20,21)18(11-12-22-2)13-15-5-7-16(19)8-6-15/h3-13H,1-2H3/b12-11+,18-13+. The number of sulfone groups is 1. The molecule has 0 aliphatic heterocycles. The van der Waals surface area contributed by atoms with E-state index < -0.39 is 9.84 Å². The molecular weight excluding hydrogens is 392 g/mol. The molecule has 0 atom stereocenters. The van der Waals surface area contributed by atoms with Gasteiger partial charge in [-0.2, -0.15) is 0 Å². The van der Waals surface area contributed by atoms with Crippen molar-refractivity contribution in [2.24, 2.45) is 0 Å². The highest BCUT2D eigenvalue weighted by atomic mass is 79.9. The molecule has 0 saturated heterocycles. The first-order valence-corrected chi connectivity index (χ1v) is 10.5. The third kappa shape index (κ3) is 4.83. The van der Waals surface area contributed by atoms with E-state index in [1.54, 1.807) is 29.7 Å². The SMILES string of the molecule is CS/C=C/C(=C\c1ccc(Br)cc1)S(=O)(=O)c1ccc(C)cc1. The first kappa shape index (κ1) is 18.0. The summed E-state index contributed by atoms with van der Waals surface area (Å²) in [6, 6.07) is 14.4. The smallest absolute Gasteiger partial charge is 0.206 e. The van der Waals surface area contributed by atoms with Crippen LogP contribution in [0.5, 0.6) is 0 Å². The van der Waals surface area contributed by atoms with E-state index in [9.17, 15) is 8.42 Å². The Morgan fingerprint density at radius 2 is 1.65 bits per heavy atom. The van der Waals surface area contributed by atoms with Gasteiger partial charge in [0.15, 0.2) is 0 Å². The molecule has 0 aliphatic rings. The fraction of sp³-hybridized carbons (Fsp3) is 0.111. The summed E-state index contributed by atoms with van der Waals surface area (Å²) in [4.78, 5) is 0.579. The molecular formula is C18H17BrO2S2. The van der Waals surface area contributed by atoms with Crippen LogP contribution in [0.3, 0.4) is 0 Å². The molecule has 0 N–H and O–H groups in total. The van der Waals surface area contributed by atoms with Gasteiger partial charge in [-0.3, -0.25) is 0 Å². The molecule has 2 nitrogen and oxygen atoms in total. The fourth-order valence-electron chi connectivity index (χ4n) is 1.93. The molecule has 0 radical (unpaired) electrons. The van der Waals surface area contributed by atoms with Crippen molar-refractivity contribution in [2.45, 2.75) is 11.8 Å². The predicted molar refractivity (Wildman–Crippen MR) is 103 cm³/mol. The van der Waals surface area contributed by atoms with Gasteiger partial charge in [0.25, 0.3) is 0 Å². The Balaban J connectivity index is 2.51. The Hall–Kier alpha value is -1.30. The van der Waals surface area contributed by atoms with E-state index in [1.165, 1.54) is 11.8 Å². The monoisotopic (exact) mass is 408 g/mol. The number of rotatable bonds is 5. The van der Waals surface area contributed by atoms with Crippen LogP contribution in [-0.2, 0) is 9.84 Å². The Morgan fingerprint density at radius 3 is 2.22 bits per heavy atom. The second-order valence-electron chi connectivity index (χ2n) is 4.95. The highest BCUT2D eigenvalue weighted by molar-refractivity contribution is 9.10. The van der Waals surface area contributed by atoms with Crippen LogP contribution in [0.1, 0.15) is 11.1 Å². The number of benzene rings is 2. The minimum absolute atomic E-state index is 0.276. The fourth-order valence-corrected chi connectivity index (χ4v) is 3.87. The summed E-state index contributed by atoms with van der Waals surface area (Å²) in [5.41, 5.74) is 1.87. The maximum atomic E-state index is 12.9. The summed E-state index contributed by atoms with van der Waals surface area (Å²) in [6.07, 6.45) is 5.22. The zero-order chi connectivity index (χ0) is 16.9. The number of allylic oxidation sites excluding steroid dienone is 1. The van der Waals surface area contributed by atoms with Crippen molar-refractivity contribution in [1.29, 1.82) is 0 Å². The molecule has 0 aromatic heterocycles. The van der Waals surface area contributed by atoms with E-state index in [1.807, 2.05) is 49.6 Å². The third-order valence-corrected chi connectivity index (χ3v) is 5.89. The number of halogens is 1. The van der Waals surface area contributed by atoms with Crippen LogP contribution < -0.4 is 0 Å². The highest BCUT2D eigenvalue weighted by Gasteiger charge is 2.18. The molecule has 0 unspecified atom stereocenters. The van der Waals surface area contributed by atoms with Crippen LogP contribution in [0.2, 0.25) is 0 Å². The molecule has 0 heterocycles. The largest absolute Gasteiger partial charge is 0.219 e. The number of thioether (sulfide) groups is 1. The molecule has 2 aromatic rings. The Kier molecular flexibility index (Phi) is 6.27. The lowest BCUT2D eigenvalue weighted by molar-refractivity contribution is 0.603. The van der Waals surface area contributed by atoms with Gasteiger partial charge in [0.1, 0.15) is 0 Å². The quantitative estimate of drug-likeness (QED) is 0.616. The van der Waals surface area contributed by atoms with Gasteiger partial charge in [0.2, 0.25) is 9.84 Å². The van der Waals surface area contributed by atoms with Crippen LogP contribution in [0, 0.1) is 6.92 Å². The molecule has 0 spiro atoms. The van der Waals surface area contributed by atoms with Gasteiger partial charge < -0.3 is 0 Å². The number of aryl methyl sites for hydroxylation is 1. The Bertz CT molecular complexity index is 818. The lowest BCUT2D eigenvalue weighted by Gasteiger charge is -2.07. The summed E-state index contributed by atoms with van der Waals surface area (Å²) < 4.78 is 26.7. The second kappa shape index (κ2) is 7.99. The summed E-state index contributed by atoms with van der Waals surface area (Å²) >= 11 is 4.84. The topological polar surface area (TPSA) is 34.1 Å². The zero-order valence-electron chi connectivity index (χ0n) is 12.9. The minimum atomic E-state index is -3.55. The molecule has 5 heteroatoms. The van der Waals surface area contributed by atoms with Gasteiger partial charge in [-0.25, -0.2) is 8.42 Å². The van der Waals surface area contributed by atoms with Crippen molar-refractivity contribution in [3.05, 3.63) is 80.5 Å². The van der Waals surface area contributed by atoms with Crippen molar-refractivity contribution < 1.29 is 8.42 Å². The van der Waals surface area contributed by atoms with Gasteiger partial charge >= 0.3 is 0 Å². The summed E-state index contributed by atoms with van der Waals surface area (Å²) in [5, 5.41) is 1.77. The molecule has 2 aromatic carbocycles. The van der Waals surface area contributed by atoms with Gasteiger partial charge in [-0.05, 0) is 60.6 Å². The maximum absolute atomic E-state index is 12.9. The maximum Gasteiger partial charge on any atom is 0.206 e. The second-order valence-corrected chi connectivity index (χ2v) is 8.56. The van der Waals surface area contributed by atoms with Crippen LogP contribution in [0.25, 0.3) is 6.08 Å². The summed E-state index contributed by atoms with van der Waals surface area (Å²) in [6.45, 7) is 1.93.